The summed E-state index contributed by atoms with van der Waals surface area (Å²) in [6.45, 7) is 2.20. The number of para-hydroxylation sites is 1. The van der Waals surface area contributed by atoms with Crippen molar-refractivity contribution in [3.8, 4) is 0 Å². The van der Waals surface area contributed by atoms with E-state index < -0.39 is 0 Å². The van der Waals surface area contributed by atoms with Gasteiger partial charge in [0.1, 0.15) is 0 Å². The molecule has 34 heavy (non-hydrogen) atoms. The smallest absolute Gasteiger partial charge is 0.261 e. The van der Waals surface area contributed by atoms with E-state index >= 15 is 0 Å². The van der Waals surface area contributed by atoms with Gasteiger partial charge in [-0.05, 0) is 31.2 Å². The Balaban J connectivity index is 1.21. The van der Waals surface area contributed by atoms with Crippen molar-refractivity contribution in [3.63, 3.8) is 0 Å². The van der Waals surface area contributed by atoms with Gasteiger partial charge in [0.25, 0.3) is 5.56 Å². The molecular formula is C23H22N6O3S2. The van der Waals surface area contributed by atoms with Crippen LogP contribution in [-0.4, -0.2) is 37.3 Å². The van der Waals surface area contributed by atoms with Crippen molar-refractivity contribution in [1.29, 1.82) is 0 Å². The second-order valence-corrected chi connectivity index (χ2v) is 9.76. The minimum absolute atomic E-state index is 0.0761. The first-order valence-electron chi connectivity index (χ1n) is 10.5. The highest BCUT2D eigenvalue weighted by Crippen LogP contribution is 2.26. The maximum Gasteiger partial charge on any atom is 0.261 e. The van der Waals surface area contributed by atoms with E-state index in [4.69, 9.17) is 0 Å². The lowest BCUT2D eigenvalue weighted by molar-refractivity contribution is -0.117. The van der Waals surface area contributed by atoms with Crippen molar-refractivity contribution < 1.29 is 9.59 Å². The minimum Gasteiger partial charge on any atom is -0.326 e. The molecule has 0 saturated heterocycles. The third kappa shape index (κ3) is 6.27. The predicted octanol–water partition coefficient (Wildman–Crippen LogP) is 3.71. The fraction of sp³-hybridized carbons (Fsp3) is 0.217. The molecule has 2 amide bonds. The molecule has 2 aromatic carbocycles. The van der Waals surface area contributed by atoms with Crippen LogP contribution in [-0.2, 0) is 16.1 Å². The van der Waals surface area contributed by atoms with E-state index in [9.17, 15) is 14.4 Å². The van der Waals surface area contributed by atoms with E-state index in [0.717, 1.165) is 11.3 Å². The number of fused-ring (bicyclic) bond motifs is 1. The number of rotatable bonds is 9. The molecule has 0 bridgehead atoms. The number of amides is 2. The first-order valence-corrected chi connectivity index (χ1v) is 12.3. The number of hydrogen-bond acceptors (Lipinski definition) is 8. The number of hydrogen-bond donors (Lipinski definition) is 2. The van der Waals surface area contributed by atoms with Gasteiger partial charge in [0.2, 0.25) is 16.9 Å². The van der Waals surface area contributed by atoms with Crippen molar-refractivity contribution in [3.05, 3.63) is 70.8 Å². The SMILES string of the molecule is Cc1ccc(NC(=O)CCSc2nnc(NC(=O)CCn3cnc4ccccc4c3=O)s2)cc1. The minimum atomic E-state index is -0.273. The molecule has 0 aliphatic carbocycles. The molecule has 11 heteroatoms. The summed E-state index contributed by atoms with van der Waals surface area (Å²) in [4.78, 5) is 41.1. The Kier molecular flexibility index (Phi) is 7.65. The van der Waals surface area contributed by atoms with E-state index in [0.29, 0.717) is 32.5 Å². The molecule has 2 aromatic heterocycles. The Morgan fingerprint density at radius 1 is 1.00 bits per heavy atom. The quantitative estimate of drug-likeness (QED) is 0.269. The maximum absolute atomic E-state index is 12.5. The van der Waals surface area contributed by atoms with Crippen molar-refractivity contribution >= 4 is 56.6 Å². The highest BCUT2D eigenvalue weighted by molar-refractivity contribution is 8.01. The van der Waals surface area contributed by atoms with Crippen molar-refractivity contribution in [2.75, 3.05) is 16.4 Å². The number of thioether (sulfide) groups is 1. The Morgan fingerprint density at radius 2 is 1.76 bits per heavy atom. The van der Waals surface area contributed by atoms with E-state index in [1.807, 2.05) is 37.3 Å². The molecule has 0 radical (unpaired) electrons. The first kappa shape index (κ1) is 23.6. The van der Waals surface area contributed by atoms with Gasteiger partial charge < -0.3 is 10.6 Å². The Bertz CT molecular complexity index is 1370. The lowest BCUT2D eigenvalue weighted by Gasteiger charge is -2.06. The molecule has 9 nitrogen and oxygen atoms in total. The number of anilines is 2. The summed E-state index contributed by atoms with van der Waals surface area (Å²) in [7, 11) is 0. The van der Waals surface area contributed by atoms with Crippen molar-refractivity contribution in [2.45, 2.75) is 30.6 Å². The van der Waals surface area contributed by atoms with Gasteiger partial charge in [-0.15, -0.1) is 10.2 Å². The average molecular weight is 495 g/mol. The molecule has 0 aliphatic heterocycles. The lowest BCUT2D eigenvalue weighted by Crippen LogP contribution is -2.23. The summed E-state index contributed by atoms with van der Waals surface area (Å²) in [5.41, 5.74) is 2.34. The van der Waals surface area contributed by atoms with Crippen LogP contribution in [0.5, 0.6) is 0 Å². The maximum atomic E-state index is 12.5. The molecular weight excluding hydrogens is 472 g/mol. The number of aryl methyl sites for hydroxylation is 2. The average Bonchev–Trinajstić information content (AvgIpc) is 3.27. The topological polar surface area (TPSA) is 119 Å². The number of aromatic nitrogens is 4. The molecule has 0 unspecified atom stereocenters. The van der Waals surface area contributed by atoms with Crippen LogP contribution in [0, 0.1) is 6.92 Å². The molecule has 0 fully saturated rings. The molecule has 0 aliphatic rings. The van der Waals surface area contributed by atoms with E-state index in [1.54, 1.807) is 18.2 Å². The molecule has 2 N–H and O–H groups in total. The summed E-state index contributed by atoms with van der Waals surface area (Å²) in [5, 5.41) is 14.5. The van der Waals surface area contributed by atoms with Crippen LogP contribution in [0.25, 0.3) is 10.9 Å². The normalized spacial score (nSPS) is 10.9. The Labute approximate surface area is 203 Å². The van der Waals surface area contributed by atoms with Crippen LogP contribution < -0.4 is 16.2 Å². The van der Waals surface area contributed by atoms with Gasteiger partial charge >= 0.3 is 0 Å². The van der Waals surface area contributed by atoms with Crippen molar-refractivity contribution in [1.82, 2.24) is 19.7 Å². The van der Waals surface area contributed by atoms with Crippen LogP contribution in [0.4, 0.5) is 10.8 Å². The van der Waals surface area contributed by atoms with E-state index in [2.05, 4.69) is 25.8 Å². The summed E-state index contributed by atoms with van der Waals surface area (Å²) in [6, 6.07) is 14.7. The fourth-order valence-corrected chi connectivity index (χ4v) is 4.86. The van der Waals surface area contributed by atoms with Gasteiger partial charge in [0, 0.05) is 30.8 Å². The Hall–Kier alpha value is -3.57. The molecule has 0 saturated carbocycles. The first-order chi connectivity index (χ1) is 16.5. The van der Waals surface area contributed by atoms with Gasteiger partial charge in [-0.2, -0.15) is 0 Å². The summed E-state index contributed by atoms with van der Waals surface area (Å²) >= 11 is 2.64. The van der Waals surface area contributed by atoms with Gasteiger partial charge in [-0.3, -0.25) is 19.0 Å². The zero-order valence-electron chi connectivity index (χ0n) is 18.4. The number of carbonyl (C=O) groups excluding carboxylic acids is 2. The second-order valence-electron chi connectivity index (χ2n) is 7.44. The van der Waals surface area contributed by atoms with Crippen LogP contribution in [0.2, 0.25) is 0 Å². The number of nitrogens with one attached hydrogen (secondary N) is 2. The van der Waals surface area contributed by atoms with Crippen LogP contribution in [0.1, 0.15) is 18.4 Å². The van der Waals surface area contributed by atoms with Crippen LogP contribution in [0.3, 0.4) is 0 Å². The lowest BCUT2D eigenvalue weighted by atomic mass is 10.2. The van der Waals surface area contributed by atoms with Crippen LogP contribution >= 0.6 is 23.1 Å². The highest BCUT2D eigenvalue weighted by atomic mass is 32.2. The molecule has 4 rings (SSSR count). The summed E-state index contributed by atoms with van der Waals surface area (Å²) in [5.74, 6) is 0.191. The van der Waals surface area contributed by atoms with Crippen molar-refractivity contribution in [2.24, 2.45) is 0 Å². The molecule has 0 atom stereocenters. The third-order valence-electron chi connectivity index (χ3n) is 4.85. The summed E-state index contributed by atoms with van der Waals surface area (Å²) < 4.78 is 2.08. The van der Waals surface area contributed by atoms with Gasteiger partial charge in [-0.25, -0.2) is 4.98 Å². The largest absolute Gasteiger partial charge is 0.326 e. The molecule has 2 heterocycles. The van der Waals surface area contributed by atoms with Crippen LogP contribution in [0.15, 0.2) is 64.0 Å². The monoisotopic (exact) mass is 494 g/mol. The fourth-order valence-electron chi connectivity index (χ4n) is 3.08. The summed E-state index contributed by atoms with van der Waals surface area (Å²) in [6.07, 6.45) is 1.88. The molecule has 174 valence electrons. The Morgan fingerprint density at radius 3 is 2.59 bits per heavy atom. The number of nitrogens with zero attached hydrogens (tertiary/aromatic N) is 4. The molecule has 4 aromatic rings. The van der Waals surface area contributed by atoms with Gasteiger partial charge in [0.15, 0.2) is 4.34 Å². The van der Waals surface area contributed by atoms with E-state index in [1.165, 1.54) is 34.0 Å². The zero-order chi connectivity index (χ0) is 23.9. The third-order valence-corrected chi connectivity index (χ3v) is 6.83. The predicted molar refractivity (Wildman–Crippen MR) is 134 cm³/mol. The highest BCUT2D eigenvalue weighted by Gasteiger charge is 2.11. The number of carbonyl (C=O) groups is 2. The standard InChI is InChI=1S/C23H22N6O3S2/c1-15-6-8-16(9-7-15)25-20(31)11-13-33-23-28-27-22(34-23)26-19(30)10-12-29-14-24-18-5-3-2-4-17(18)21(29)32/h2-9,14H,10-13H2,1H3,(H,25,31)(H,26,27,30). The zero-order valence-corrected chi connectivity index (χ0v) is 20.0. The van der Waals surface area contributed by atoms with Gasteiger partial charge in [0.05, 0.1) is 17.2 Å². The van der Waals surface area contributed by atoms with Gasteiger partial charge in [-0.1, -0.05) is 52.9 Å². The second kappa shape index (κ2) is 11.0. The molecule has 0 spiro atoms. The van der Waals surface area contributed by atoms with E-state index in [-0.39, 0.29) is 30.3 Å². The number of benzene rings is 2.